The highest BCUT2D eigenvalue weighted by atomic mass is 16.5. The summed E-state index contributed by atoms with van der Waals surface area (Å²) in [6, 6.07) is 11.3. The number of nitrogens with zero attached hydrogens (tertiary/aromatic N) is 6. The molecule has 1 fully saturated rings. The first-order chi connectivity index (χ1) is 22.6. The number of allylic oxidation sites excluding steroid dienone is 1. The lowest BCUT2D eigenvalue weighted by atomic mass is 9.85. The van der Waals surface area contributed by atoms with E-state index in [2.05, 4.69) is 42.2 Å². The van der Waals surface area contributed by atoms with E-state index in [1.165, 1.54) is 0 Å². The summed E-state index contributed by atoms with van der Waals surface area (Å²) in [6.07, 6.45) is 10.1. The first kappa shape index (κ1) is 32.0. The van der Waals surface area contributed by atoms with Crippen LogP contribution in [0.5, 0.6) is 5.75 Å². The van der Waals surface area contributed by atoms with E-state index in [0.29, 0.717) is 41.7 Å². The van der Waals surface area contributed by atoms with Crippen LogP contribution in [-0.4, -0.2) is 60.9 Å². The molecule has 6 rings (SSSR count). The number of piperidine rings is 1. The van der Waals surface area contributed by atoms with Crippen LogP contribution >= 0.6 is 0 Å². The molecule has 2 atom stereocenters. The van der Waals surface area contributed by atoms with Crippen molar-refractivity contribution in [3.63, 3.8) is 0 Å². The molecule has 1 aliphatic carbocycles. The van der Waals surface area contributed by atoms with E-state index in [1.54, 1.807) is 23.2 Å². The zero-order valence-corrected chi connectivity index (χ0v) is 27.4. The molecule has 2 aliphatic rings. The van der Waals surface area contributed by atoms with Crippen molar-refractivity contribution in [3.8, 4) is 5.75 Å². The third kappa shape index (κ3) is 7.40. The summed E-state index contributed by atoms with van der Waals surface area (Å²) < 4.78 is 10.2. The van der Waals surface area contributed by atoms with Crippen molar-refractivity contribution >= 4 is 29.0 Å². The number of aromatic nitrogens is 5. The number of ether oxygens (including phenoxy) is 1. The maximum absolute atomic E-state index is 13.4. The standard InChI is InChI=1S/C34H44N10O3/c1-34(2,3)29(35)17-30(37-23-18-36-42(4)19-23)39-32(46)38-27-10-11-28(26-8-6-5-7-25(26)27)47-24-9-12-31-40-41-33(44(31)20-24)43-15-13-22(21-45)14-16-43/h5-9,12,17-20,22,27-28,35,37,45H,10-11,13-16,21H2,1-4H3,(H2,38,39,46)/b30-17+,35-29?/t27-,28+/m0/s1. The number of aliphatic hydroxyl groups excluding tert-OH is 1. The largest absolute Gasteiger partial charge is 0.484 e. The van der Waals surface area contributed by atoms with Crippen LogP contribution < -0.4 is 25.6 Å². The zero-order chi connectivity index (χ0) is 33.1. The molecule has 0 bridgehead atoms. The molecule has 47 heavy (non-hydrogen) atoms. The normalized spacial score (nSPS) is 18.9. The second kappa shape index (κ2) is 13.4. The second-order valence-electron chi connectivity index (χ2n) is 13.4. The Labute approximate surface area is 274 Å². The van der Waals surface area contributed by atoms with Gasteiger partial charge in [-0.15, -0.1) is 10.2 Å². The number of fused-ring (bicyclic) bond motifs is 2. The minimum absolute atomic E-state index is 0.194. The number of pyridine rings is 1. The molecule has 0 unspecified atom stereocenters. The van der Waals surface area contributed by atoms with Gasteiger partial charge in [0, 0.05) is 50.1 Å². The van der Waals surface area contributed by atoms with Crippen molar-refractivity contribution in [3.05, 3.63) is 78.0 Å². The number of aryl methyl sites for hydroxylation is 1. The smallest absolute Gasteiger partial charge is 0.320 e. The van der Waals surface area contributed by atoms with Gasteiger partial charge >= 0.3 is 6.03 Å². The molecular weight excluding hydrogens is 596 g/mol. The topological polar surface area (TPSA) is 158 Å². The van der Waals surface area contributed by atoms with E-state index in [9.17, 15) is 9.90 Å². The molecule has 1 aromatic carbocycles. The lowest BCUT2D eigenvalue weighted by Crippen LogP contribution is -2.41. The van der Waals surface area contributed by atoms with Gasteiger partial charge in [0.05, 0.1) is 24.1 Å². The predicted octanol–water partition coefficient (Wildman–Crippen LogP) is 4.95. The van der Waals surface area contributed by atoms with Gasteiger partial charge in [-0.1, -0.05) is 45.0 Å². The van der Waals surface area contributed by atoms with Gasteiger partial charge in [-0.25, -0.2) is 4.79 Å². The Balaban J connectivity index is 1.15. The van der Waals surface area contributed by atoms with Gasteiger partial charge in [0.15, 0.2) is 5.65 Å². The van der Waals surface area contributed by atoms with Crippen molar-refractivity contribution < 1.29 is 14.6 Å². The monoisotopic (exact) mass is 640 g/mol. The van der Waals surface area contributed by atoms with Gasteiger partial charge in [-0.05, 0) is 54.9 Å². The molecular formula is C34H44N10O3. The molecule has 13 nitrogen and oxygen atoms in total. The Morgan fingerprint density at radius 1 is 1.06 bits per heavy atom. The zero-order valence-electron chi connectivity index (χ0n) is 27.4. The van der Waals surface area contributed by atoms with E-state index in [1.807, 2.05) is 68.7 Å². The molecule has 0 saturated carbocycles. The van der Waals surface area contributed by atoms with Crippen LogP contribution in [0.1, 0.15) is 69.7 Å². The number of carbonyl (C=O) groups is 1. The minimum atomic E-state index is -0.394. The fraction of sp³-hybridized carbons (Fsp3) is 0.441. The van der Waals surface area contributed by atoms with E-state index in [-0.39, 0.29) is 24.8 Å². The minimum Gasteiger partial charge on any atom is -0.484 e. The highest BCUT2D eigenvalue weighted by molar-refractivity contribution is 5.97. The van der Waals surface area contributed by atoms with Crippen LogP contribution in [0.3, 0.4) is 0 Å². The molecule has 248 valence electrons. The van der Waals surface area contributed by atoms with Gasteiger partial charge in [-0.3, -0.25) is 14.4 Å². The number of rotatable bonds is 9. The predicted molar refractivity (Wildman–Crippen MR) is 181 cm³/mol. The van der Waals surface area contributed by atoms with Gasteiger partial charge in [0.2, 0.25) is 5.95 Å². The van der Waals surface area contributed by atoms with Gasteiger partial charge in [-0.2, -0.15) is 5.10 Å². The summed E-state index contributed by atoms with van der Waals surface area (Å²) >= 11 is 0. The van der Waals surface area contributed by atoms with Crippen molar-refractivity contribution in [2.75, 3.05) is 29.9 Å². The molecule has 5 N–H and O–H groups in total. The summed E-state index contributed by atoms with van der Waals surface area (Å²) in [5, 5.41) is 40.3. The number of aliphatic hydroxyl groups is 1. The Hall–Kier alpha value is -4.91. The lowest BCUT2D eigenvalue weighted by Gasteiger charge is -2.32. The molecule has 1 aliphatic heterocycles. The number of carbonyl (C=O) groups excluding carboxylic acids is 1. The fourth-order valence-corrected chi connectivity index (χ4v) is 6.07. The summed E-state index contributed by atoms with van der Waals surface area (Å²) in [7, 11) is 1.82. The quantitative estimate of drug-likeness (QED) is 0.161. The summed E-state index contributed by atoms with van der Waals surface area (Å²) in [5.41, 5.74) is 3.46. The Kier molecular flexibility index (Phi) is 9.17. The summed E-state index contributed by atoms with van der Waals surface area (Å²) in [5.74, 6) is 2.22. The van der Waals surface area contributed by atoms with Crippen LogP contribution in [0.25, 0.3) is 5.65 Å². The average molecular weight is 641 g/mol. The van der Waals surface area contributed by atoms with Gasteiger partial charge in [0.25, 0.3) is 0 Å². The Morgan fingerprint density at radius 3 is 2.53 bits per heavy atom. The highest BCUT2D eigenvalue weighted by Gasteiger charge is 2.30. The molecule has 1 saturated heterocycles. The first-order valence-corrected chi connectivity index (χ1v) is 16.2. The molecule has 0 radical (unpaired) electrons. The van der Waals surface area contributed by atoms with E-state index >= 15 is 0 Å². The van der Waals surface area contributed by atoms with Gasteiger partial charge < -0.3 is 30.8 Å². The third-order valence-corrected chi connectivity index (χ3v) is 8.86. The average Bonchev–Trinajstić information content (AvgIpc) is 3.67. The number of hydrogen-bond acceptors (Lipinski definition) is 9. The van der Waals surface area contributed by atoms with Crippen molar-refractivity contribution in [2.24, 2.45) is 18.4 Å². The van der Waals surface area contributed by atoms with Gasteiger partial charge in [0.1, 0.15) is 17.7 Å². The van der Waals surface area contributed by atoms with Crippen LogP contribution in [0, 0.1) is 16.7 Å². The number of amides is 2. The molecule has 2 amide bonds. The highest BCUT2D eigenvalue weighted by Crippen LogP contribution is 2.39. The lowest BCUT2D eigenvalue weighted by molar-refractivity contribution is 0.171. The molecule has 4 heterocycles. The van der Waals surface area contributed by atoms with Crippen molar-refractivity contribution in [1.29, 1.82) is 5.41 Å². The van der Waals surface area contributed by atoms with Crippen molar-refractivity contribution in [2.45, 2.75) is 58.6 Å². The summed E-state index contributed by atoms with van der Waals surface area (Å²) in [6.45, 7) is 7.74. The number of hydrogen-bond donors (Lipinski definition) is 5. The van der Waals surface area contributed by atoms with Crippen LogP contribution in [-0.2, 0) is 7.05 Å². The molecule has 13 heteroatoms. The maximum atomic E-state index is 13.4. The van der Waals surface area contributed by atoms with E-state index < -0.39 is 5.41 Å². The maximum Gasteiger partial charge on any atom is 0.320 e. The number of anilines is 2. The second-order valence-corrected chi connectivity index (χ2v) is 13.4. The fourth-order valence-electron chi connectivity index (χ4n) is 6.07. The van der Waals surface area contributed by atoms with E-state index in [0.717, 1.165) is 48.7 Å². The Morgan fingerprint density at radius 2 is 1.83 bits per heavy atom. The molecule has 4 aromatic rings. The molecule has 0 spiro atoms. The Bertz CT molecular complexity index is 1760. The molecule has 3 aromatic heterocycles. The third-order valence-electron chi connectivity index (χ3n) is 8.86. The van der Waals surface area contributed by atoms with Crippen molar-refractivity contribution in [1.82, 2.24) is 35.0 Å². The van der Waals surface area contributed by atoms with E-state index in [4.69, 9.17) is 10.1 Å². The first-order valence-electron chi connectivity index (χ1n) is 16.2. The number of urea groups is 1. The van der Waals surface area contributed by atoms with Crippen LogP contribution in [0.15, 0.2) is 66.9 Å². The number of benzene rings is 1. The SMILES string of the molecule is Cn1cc(N/C(=C\C(=N)C(C)(C)C)NC(=O)N[C@H]2CC[C@@H](Oc3ccc4nnc(N5CCC(CO)CC5)n4c3)c3ccccc32)cn1. The van der Waals surface area contributed by atoms with Crippen LogP contribution in [0.2, 0.25) is 0 Å². The summed E-state index contributed by atoms with van der Waals surface area (Å²) in [4.78, 5) is 15.6. The number of nitrogens with one attached hydrogen (secondary N) is 4. The van der Waals surface area contributed by atoms with Crippen LogP contribution in [0.4, 0.5) is 16.4 Å².